The number of nitrogens with zero attached hydrogens (tertiary/aromatic N) is 2. The van der Waals surface area contributed by atoms with Gasteiger partial charge in [-0.1, -0.05) is 12.1 Å². The van der Waals surface area contributed by atoms with E-state index in [4.69, 9.17) is 9.39 Å². The van der Waals surface area contributed by atoms with Crippen LogP contribution < -0.4 is 5.46 Å². The van der Waals surface area contributed by atoms with Crippen molar-refractivity contribution >= 4 is 24.4 Å². The van der Waals surface area contributed by atoms with Gasteiger partial charge in [-0.15, -0.1) is 0 Å². The monoisotopic (exact) mass is 280 g/mol. The molecule has 1 heterocycles. The fourth-order valence-electron chi connectivity index (χ4n) is 1.78. The molecule has 0 unspecified atom stereocenters. The molecule has 0 atom stereocenters. The van der Waals surface area contributed by atoms with E-state index in [1.165, 1.54) is 23.1 Å². The smallest absolute Gasteiger partial charge is 0.489 e. The Hall–Kier alpha value is -2.13. The van der Waals surface area contributed by atoms with E-state index in [0.717, 1.165) is 6.07 Å². The minimum atomic E-state index is -1.54. The lowest BCUT2D eigenvalue weighted by Gasteiger charge is -2.26. The fourth-order valence-corrected chi connectivity index (χ4v) is 1.78. The zero-order chi connectivity index (χ0) is 14.5. The van der Waals surface area contributed by atoms with Crippen LogP contribution in [0.15, 0.2) is 24.3 Å². The number of carbonyl (C=O) groups excluding carboxylic acids is 1. The standard InChI is InChI=1S/C11H13BN2O6/c15-11(13-4-6-19-7-5-13)20-12(16)9-2-1-3-10(8-9)14(17)18/h1-3,8,16H,4-7H2. The molecule has 1 amide bonds. The van der Waals surface area contributed by atoms with Gasteiger partial charge in [0.25, 0.3) is 5.69 Å². The molecule has 0 saturated carbocycles. The molecular weight excluding hydrogens is 267 g/mol. The highest BCUT2D eigenvalue weighted by molar-refractivity contribution is 6.61. The van der Waals surface area contributed by atoms with Crippen LogP contribution in [0.3, 0.4) is 0 Å². The SMILES string of the molecule is O=C(OB(O)c1cccc([N+](=O)[O-])c1)N1CCOCC1. The first-order chi connectivity index (χ1) is 9.58. The van der Waals surface area contributed by atoms with Gasteiger partial charge in [0.2, 0.25) is 0 Å². The molecule has 1 saturated heterocycles. The van der Waals surface area contributed by atoms with Crippen LogP contribution in [-0.2, 0) is 9.39 Å². The van der Waals surface area contributed by atoms with Crippen LogP contribution in [0, 0.1) is 10.1 Å². The van der Waals surface area contributed by atoms with Crippen LogP contribution in [0.2, 0.25) is 0 Å². The summed E-state index contributed by atoms with van der Waals surface area (Å²) in [4.78, 5) is 23.2. The molecule has 0 aliphatic carbocycles. The molecule has 0 spiro atoms. The van der Waals surface area contributed by atoms with Gasteiger partial charge >= 0.3 is 13.2 Å². The van der Waals surface area contributed by atoms with Gasteiger partial charge < -0.3 is 19.3 Å². The Labute approximate surface area is 115 Å². The molecule has 9 heteroatoms. The van der Waals surface area contributed by atoms with Gasteiger partial charge in [-0.25, -0.2) is 4.79 Å². The Balaban J connectivity index is 2.00. The van der Waals surface area contributed by atoms with Crippen molar-refractivity contribution in [3.8, 4) is 0 Å². The van der Waals surface area contributed by atoms with Crippen molar-refractivity contribution in [3.63, 3.8) is 0 Å². The van der Waals surface area contributed by atoms with Crippen LogP contribution in [0.5, 0.6) is 0 Å². The Morgan fingerprint density at radius 2 is 2.15 bits per heavy atom. The van der Waals surface area contributed by atoms with Gasteiger partial charge in [-0.05, 0) is 0 Å². The average molecular weight is 280 g/mol. The number of hydrogen-bond donors (Lipinski definition) is 1. The lowest BCUT2D eigenvalue weighted by atomic mass is 9.79. The van der Waals surface area contributed by atoms with Crippen molar-refractivity contribution in [2.45, 2.75) is 0 Å². The average Bonchev–Trinajstić information content (AvgIpc) is 2.48. The Morgan fingerprint density at radius 1 is 1.45 bits per heavy atom. The Bertz CT molecular complexity index is 505. The van der Waals surface area contributed by atoms with Crippen LogP contribution in [-0.4, -0.2) is 54.4 Å². The number of benzene rings is 1. The van der Waals surface area contributed by atoms with Crippen LogP contribution in [0.4, 0.5) is 10.5 Å². The first kappa shape index (κ1) is 14.3. The van der Waals surface area contributed by atoms with E-state index in [2.05, 4.69) is 0 Å². The summed E-state index contributed by atoms with van der Waals surface area (Å²) in [6.07, 6.45) is -0.674. The number of hydrogen-bond acceptors (Lipinski definition) is 6. The van der Waals surface area contributed by atoms with Crippen LogP contribution in [0.1, 0.15) is 0 Å². The zero-order valence-corrected chi connectivity index (χ0v) is 10.6. The third kappa shape index (κ3) is 3.46. The number of carbonyl (C=O) groups is 1. The highest BCUT2D eigenvalue weighted by Gasteiger charge is 2.27. The maximum absolute atomic E-state index is 11.8. The maximum Gasteiger partial charge on any atom is 0.563 e. The van der Waals surface area contributed by atoms with Crippen molar-refractivity contribution in [3.05, 3.63) is 34.4 Å². The van der Waals surface area contributed by atoms with Crippen molar-refractivity contribution in [2.75, 3.05) is 26.3 Å². The zero-order valence-electron chi connectivity index (χ0n) is 10.6. The molecule has 1 aromatic carbocycles. The number of ether oxygens (including phenoxy) is 1. The van der Waals surface area contributed by atoms with E-state index in [0.29, 0.717) is 26.3 Å². The summed E-state index contributed by atoms with van der Waals surface area (Å²) < 4.78 is 9.97. The minimum Gasteiger partial charge on any atom is -0.489 e. The van der Waals surface area contributed by atoms with E-state index in [9.17, 15) is 19.9 Å². The molecule has 1 fully saturated rings. The van der Waals surface area contributed by atoms with E-state index in [-0.39, 0.29) is 11.2 Å². The predicted molar refractivity (Wildman–Crippen MR) is 69.6 cm³/mol. The number of morpholine rings is 1. The first-order valence-electron chi connectivity index (χ1n) is 6.03. The molecule has 0 bridgehead atoms. The summed E-state index contributed by atoms with van der Waals surface area (Å²) in [5, 5.41) is 20.4. The molecule has 1 aliphatic rings. The van der Waals surface area contributed by atoms with Gasteiger partial charge in [0.05, 0.1) is 18.1 Å². The molecule has 1 aliphatic heterocycles. The molecule has 106 valence electrons. The number of amides is 1. The fraction of sp³-hybridized carbons (Fsp3) is 0.364. The molecule has 0 aromatic heterocycles. The largest absolute Gasteiger partial charge is 0.563 e. The molecule has 0 radical (unpaired) electrons. The number of nitro benzene ring substituents is 1. The number of nitro groups is 1. The molecular formula is C11H13BN2O6. The Morgan fingerprint density at radius 3 is 2.80 bits per heavy atom. The highest BCUT2D eigenvalue weighted by atomic mass is 16.6. The van der Waals surface area contributed by atoms with Gasteiger partial charge in [-0.2, -0.15) is 0 Å². The second-order valence-electron chi connectivity index (χ2n) is 4.19. The number of rotatable bonds is 3. The van der Waals surface area contributed by atoms with Crippen molar-refractivity contribution in [1.82, 2.24) is 4.90 Å². The first-order valence-corrected chi connectivity index (χ1v) is 6.03. The van der Waals surface area contributed by atoms with Gasteiger partial charge in [0.1, 0.15) is 0 Å². The molecule has 20 heavy (non-hydrogen) atoms. The Kier molecular flexibility index (Phi) is 4.54. The van der Waals surface area contributed by atoms with E-state index < -0.39 is 18.1 Å². The van der Waals surface area contributed by atoms with Crippen molar-refractivity contribution < 1.29 is 24.1 Å². The van der Waals surface area contributed by atoms with Crippen molar-refractivity contribution in [1.29, 1.82) is 0 Å². The van der Waals surface area contributed by atoms with Crippen LogP contribution in [0.25, 0.3) is 0 Å². The van der Waals surface area contributed by atoms with Gasteiger partial charge in [0.15, 0.2) is 0 Å². The predicted octanol–water partition coefficient (Wildman–Crippen LogP) is -0.249. The summed E-state index contributed by atoms with van der Waals surface area (Å²) in [7, 11) is -1.54. The summed E-state index contributed by atoms with van der Waals surface area (Å²) in [6, 6.07) is 5.32. The van der Waals surface area contributed by atoms with Gasteiger partial charge in [-0.3, -0.25) is 10.1 Å². The van der Waals surface area contributed by atoms with Gasteiger partial charge in [0, 0.05) is 30.7 Å². The molecule has 1 N–H and O–H groups in total. The maximum atomic E-state index is 11.8. The quantitative estimate of drug-likeness (QED) is 0.465. The van der Waals surface area contributed by atoms with Crippen molar-refractivity contribution in [2.24, 2.45) is 0 Å². The summed E-state index contributed by atoms with van der Waals surface area (Å²) in [5.41, 5.74) is -0.0234. The van der Waals surface area contributed by atoms with Crippen LogP contribution >= 0.6 is 0 Å². The second kappa shape index (κ2) is 6.35. The molecule has 8 nitrogen and oxygen atoms in total. The minimum absolute atomic E-state index is 0.154. The number of non-ortho nitro benzene ring substituents is 1. The molecule has 1 aromatic rings. The third-order valence-electron chi connectivity index (χ3n) is 2.85. The molecule has 2 rings (SSSR count). The summed E-state index contributed by atoms with van der Waals surface area (Å²) in [5.74, 6) is 0. The summed E-state index contributed by atoms with van der Waals surface area (Å²) in [6.45, 7) is 1.62. The lowest BCUT2D eigenvalue weighted by molar-refractivity contribution is -0.384. The normalized spacial score (nSPS) is 14.8. The third-order valence-corrected chi connectivity index (χ3v) is 2.85. The van der Waals surface area contributed by atoms with E-state index in [1.807, 2.05) is 0 Å². The second-order valence-corrected chi connectivity index (χ2v) is 4.19. The highest BCUT2D eigenvalue weighted by Crippen LogP contribution is 2.08. The topological polar surface area (TPSA) is 102 Å². The lowest BCUT2D eigenvalue weighted by Crippen LogP contribution is -2.45. The summed E-state index contributed by atoms with van der Waals surface area (Å²) >= 11 is 0. The van der Waals surface area contributed by atoms with E-state index in [1.54, 1.807) is 0 Å². The van der Waals surface area contributed by atoms with E-state index >= 15 is 0 Å².